The van der Waals surface area contributed by atoms with Crippen LogP contribution in [0.2, 0.25) is 0 Å². The van der Waals surface area contributed by atoms with Gasteiger partial charge >= 0.3 is 11.9 Å². The molecule has 0 saturated heterocycles. The quantitative estimate of drug-likeness (QED) is 0.256. The van der Waals surface area contributed by atoms with E-state index in [2.05, 4.69) is 25.3 Å². The Labute approximate surface area is 118 Å². The van der Waals surface area contributed by atoms with Gasteiger partial charge in [0, 0.05) is 11.5 Å². The Morgan fingerprint density at radius 1 is 0.889 bits per heavy atom. The van der Waals surface area contributed by atoms with Crippen molar-refractivity contribution in [3.63, 3.8) is 0 Å². The summed E-state index contributed by atoms with van der Waals surface area (Å²) < 4.78 is 9.76. The number of hydrogen-bond acceptors (Lipinski definition) is 8. The lowest BCUT2D eigenvalue weighted by atomic mass is 10.3. The van der Waals surface area contributed by atoms with Gasteiger partial charge in [-0.05, 0) is 12.8 Å². The molecule has 0 bridgehead atoms. The summed E-state index contributed by atoms with van der Waals surface area (Å²) in [4.78, 5) is 22.3. The molecule has 0 aliphatic carbocycles. The fourth-order valence-corrected chi connectivity index (χ4v) is 1.21. The van der Waals surface area contributed by atoms with E-state index in [1.807, 2.05) is 0 Å². The van der Waals surface area contributed by atoms with Crippen LogP contribution in [0.4, 0.5) is 0 Å². The summed E-state index contributed by atoms with van der Waals surface area (Å²) in [6.45, 7) is 0.493. The third-order valence-corrected chi connectivity index (χ3v) is 2.81. The number of ether oxygens (including phenoxy) is 2. The lowest BCUT2D eigenvalue weighted by Gasteiger charge is -2.10. The molecule has 0 aromatic carbocycles. The molecular formula is C10H20N2O4S2. The smallest absolute Gasteiger partial charge is 0.323 e. The number of hydrogen-bond donors (Lipinski definition) is 4. The van der Waals surface area contributed by atoms with Crippen LogP contribution < -0.4 is 11.5 Å². The topological polar surface area (TPSA) is 105 Å². The van der Waals surface area contributed by atoms with Crippen LogP contribution in [0.15, 0.2) is 0 Å². The molecule has 0 amide bonds. The van der Waals surface area contributed by atoms with Crippen molar-refractivity contribution in [1.82, 2.24) is 0 Å². The maximum Gasteiger partial charge on any atom is 0.323 e. The molecule has 6 nitrogen and oxygen atoms in total. The highest BCUT2D eigenvalue weighted by Gasteiger charge is 2.13. The standard InChI is InChI=1S/C10H20N2O4S2/c11-7(5-17)9(13)15-3-1-2-4-16-10(14)8(12)6-18/h7-8,17-18H,1-6,11-12H2/t7-,8-/m0/s1. The second-order valence-electron chi connectivity index (χ2n) is 3.62. The first kappa shape index (κ1) is 17.6. The van der Waals surface area contributed by atoms with Crippen LogP contribution in [0.5, 0.6) is 0 Å². The van der Waals surface area contributed by atoms with Gasteiger partial charge in [-0.15, -0.1) is 0 Å². The predicted octanol–water partition coefficient (Wildman–Crippen LogP) is -0.633. The third kappa shape index (κ3) is 7.80. The van der Waals surface area contributed by atoms with Crippen molar-refractivity contribution in [3.05, 3.63) is 0 Å². The number of rotatable bonds is 9. The highest BCUT2D eigenvalue weighted by molar-refractivity contribution is 7.80. The van der Waals surface area contributed by atoms with Crippen LogP contribution in [-0.4, -0.2) is 48.7 Å². The van der Waals surface area contributed by atoms with Crippen LogP contribution in [0.3, 0.4) is 0 Å². The van der Waals surface area contributed by atoms with Crippen molar-refractivity contribution in [2.24, 2.45) is 11.5 Å². The molecule has 0 aromatic rings. The van der Waals surface area contributed by atoms with E-state index >= 15 is 0 Å². The SMILES string of the molecule is N[C@@H](CS)C(=O)OCCCCOC(=O)[C@@H](N)CS. The third-order valence-electron chi connectivity index (χ3n) is 2.03. The van der Waals surface area contributed by atoms with Crippen molar-refractivity contribution in [2.45, 2.75) is 24.9 Å². The number of nitrogens with two attached hydrogens (primary N) is 2. The molecule has 4 N–H and O–H groups in total. The monoisotopic (exact) mass is 296 g/mol. The molecule has 0 saturated carbocycles. The molecule has 0 fully saturated rings. The van der Waals surface area contributed by atoms with E-state index in [-0.39, 0.29) is 24.7 Å². The first-order chi connectivity index (χ1) is 8.52. The summed E-state index contributed by atoms with van der Waals surface area (Å²) >= 11 is 7.77. The van der Waals surface area contributed by atoms with Crippen LogP contribution in [-0.2, 0) is 19.1 Å². The molecule has 0 spiro atoms. The van der Waals surface area contributed by atoms with E-state index in [1.165, 1.54) is 0 Å². The van der Waals surface area contributed by atoms with Gasteiger partial charge < -0.3 is 20.9 Å². The fraction of sp³-hybridized carbons (Fsp3) is 0.800. The second-order valence-corrected chi connectivity index (χ2v) is 4.35. The van der Waals surface area contributed by atoms with E-state index in [0.29, 0.717) is 12.8 Å². The first-order valence-corrected chi connectivity index (χ1v) is 6.85. The Kier molecular flexibility index (Phi) is 10.2. The molecule has 0 unspecified atom stereocenters. The lowest BCUT2D eigenvalue weighted by Crippen LogP contribution is -2.34. The largest absolute Gasteiger partial charge is 0.465 e. The van der Waals surface area contributed by atoms with Crippen LogP contribution in [0, 0.1) is 0 Å². The van der Waals surface area contributed by atoms with Crippen molar-refractivity contribution >= 4 is 37.2 Å². The van der Waals surface area contributed by atoms with E-state index in [0.717, 1.165) is 0 Å². The van der Waals surface area contributed by atoms with Gasteiger partial charge in [-0.25, -0.2) is 0 Å². The zero-order valence-electron chi connectivity index (χ0n) is 10.1. The minimum Gasteiger partial charge on any atom is -0.465 e. The van der Waals surface area contributed by atoms with Gasteiger partial charge in [0.1, 0.15) is 12.1 Å². The molecule has 2 atom stereocenters. The minimum atomic E-state index is -0.695. The average molecular weight is 296 g/mol. The number of esters is 2. The Morgan fingerprint density at radius 2 is 1.22 bits per heavy atom. The van der Waals surface area contributed by atoms with Crippen LogP contribution in [0.1, 0.15) is 12.8 Å². The van der Waals surface area contributed by atoms with E-state index in [1.54, 1.807) is 0 Å². The summed E-state index contributed by atoms with van der Waals surface area (Å²) in [6, 6.07) is -1.39. The van der Waals surface area contributed by atoms with Gasteiger partial charge in [0.25, 0.3) is 0 Å². The maximum absolute atomic E-state index is 11.1. The van der Waals surface area contributed by atoms with Crippen molar-refractivity contribution in [3.8, 4) is 0 Å². The Balaban J connectivity index is 3.47. The van der Waals surface area contributed by atoms with Crippen LogP contribution >= 0.6 is 25.3 Å². The number of unbranched alkanes of at least 4 members (excludes halogenated alkanes) is 1. The fourth-order valence-electron chi connectivity index (χ4n) is 0.913. The first-order valence-electron chi connectivity index (χ1n) is 5.59. The molecule has 0 aromatic heterocycles. The molecule has 106 valence electrons. The van der Waals surface area contributed by atoms with Gasteiger partial charge in [-0.1, -0.05) is 0 Å². The summed E-state index contributed by atoms with van der Waals surface area (Å²) in [5.41, 5.74) is 10.8. The highest BCUT2D eigenvalue weighted by Crippen LogP contribution is 1.96. The van der Waals surface area contributed by atoms with Gasteiger partial charge in [0.05, 0.1) is 13.2 Å². The summed E-state index contributed by atoms with van der Waals surface area (Å²) in [5, 5.41) is 0. The van der Waals surface area contributed by atoms with Gasteiger partial charge in [0.2, 0.25) is 0 Å². The maximum atomic E-state index is 11.1. The molecule has 18 heavy (non-hydrogen) atoms. The Morgan fingerprint density at radius 3 is 1.50 bits per heavy atom. The zero-order valence-corrected chi connectivity index (χ0v) is 11.9. The van der Waals surface area contributed by atoms with Gasteiger partial charge in [-0.3, -0.25) is 9.59 Å². The summed E-state index contributed by atoms with van der Waals surface area (Å²) in [5.74, 6) is -0.450. The number of thiol groups is 2. The van der Waals surface area contributed by atoms with E-state index in [4.69, 9.17) is 20.9 Å². The lowest BCUT2D eigenvalue weighted by molar-refractivity contribution is -0.147. The second kappa shape index (κ2) is 10.5. The zero-order chi connectivity index (χ0) is 14.0. The Hall–Kier alpha value is -0.440. The molecule has 0 radical (unpaired) electrons. The van der Waals surface area contributed by atoms with Gasteiger partial charge in [0.15, 0.2) is 0 Å². The molecule has 0 aliphatic rings. The minimum absolute atomic E-state index is 0.247. The average Bonchev–Trinajstić information content (AvgIpc) is 2.39. The van der Waals surface area contributed by atoms with E-state index < -0.39 is 24.0 Å². The predicted molar refractivity (Wildman–Crippen MR) is 74.8 cm³/mol. The van der Waals surface area contributed by atoms with Gasteiger partial charge in [-0.2, -0.15) is 25.3 Å². The summed E-state index contributed by atoms with van der Waals surface area (Å²) in [7, 11) is 0. The highest BCUT2D eigenvalue weighted by atomic mass is 32.1. The van der Waals surface area contributed by atoms with Crippen LogP contribution in [0.25, 0.3) is 0 Å². The number of carbonyl (C=O) groups is 2. The molecular weight excluding hydrogens is 276 g/mol. The van der Waals surface area contributed by atoms with Crippen molar-refractivity contribution in [2.75, 3.05) is 24.7 Å². The van der Waals surface area contributed by atoms with E-state index in [9.17, 15) is 9.59 Å². The Bertz CT molecular complexity index is 240. The number of carbonyl (C=O) groups excluding carboxylic acids is 2. The molecule has 0 aliphatic heterocycles. The van der Waals surface area contributed by atoms with Crippen molar-refractivity contribution in [1.29, 1.82) is 0 Å². The normalized spacial score (nSPS) is 13.8. The summed E-state index contributed by atoms with van der Waals surface area (Å²) in [6.07, 6.45) is 1.18. The molecule has 0 heterocycles. The molecule has 0 rings (SSSR count). The molecule has 8 heteroatoms. The van der Waals surface area contributed by atoms with Crippen molar-refractivity contribution < 1.29 is 19.1 Å².